The third-order valence-electron chi connectivity index (χ3n) is 4.97. The Morgan fingerprint density at radius 1 is 1.22 bits per heavy atom. The Bertz CT molecular complexity index is 1510. The molecule has 0 radical (unpaired) electrons. The zero-order valence-corrected chi connectivity index (χ0v) is 20.7. The second kappa shape index (κ2) is 11.7. The van der Waals surface area contributed by atoms with Crippen LogP contribution in [0.15, 0.2) is 52.9 Å². The maximum atomic E-state index is 13.9. The summed E-state index contributed by atoms with van der Waals surface area (Å²) >= 11 is 2.47. The Morgan fingerprint density at radius 2 is 2.00 bits per heavy atom. The number of nitrogens with one attached hydrogen (secondary N) is 1. The number of nitriles is 1. The van der Waals surface area contributed by atoms with Crippen molar-refractivity contribution >= 4 is 45.4 Å². The van der Waals surface area contributed by atoms with E-state index in [4.69, 9.17) is 22.1 Å². The normalized spacial score (nSPS) is 10.5. The number of nitrogen functional groups attached to an aromatic ring is 1. The molecule has 0 atom stereocenters. The number of hydrogen-bond acceptors (Lipinski definition) is 9. The number of halogens is 2. The fourth-order valence-corrected chi connectivity index (χ4v) is 5.05. The first kappa shape index (κ1) is 25.9. The molecule has 0 fully saturated rings. The summed E-state index contributed by atoms with van der Waals surface area (Å²) in [7, 11) is 0. The van der Waals surface area contributed by atoms with Crippen LogP contribution in [-0.4, -0.2) is 28.3 Å². The maximum Gasteiger partial charge on any atom is 0.236 e. The van der Waals surface area contributed by atoms with E-state index < -0.39 is 11.6 Å². The van der Waals surface area contributed by atoms with Crippen LogP contribution in [0, 0.1) is 29.5 Å². The van der Waals surface area contributed by atoms with Gasteiger partial charge in [0.05, 0.1) is 30.1 Å². The van der Waals surface area contributed by atoms with Crippen LogP contribution in [0.1, 0.15) is 11.3 Å². The molecule has 186 valence electrons. The van der Waals surface area contributed by atoms with Crippen molar-refractivity contribution in [2.45, 2.75) is 10.8 Å². The van der Waals surface area contributed by atoms with Gasteiger partial charge in [0.25, 0.3) is 0 Å². The van der Waals surface area contributed by atoms with Gasteiger partial charge in [-0.2, -0.15) is 5.26 Å². The van der Waals surface area contributed by atoms with E-state index in [2.05, 4.69) is 26.2 Å². The number of anilines is 3. The number of benzene rings is 2. The molecule has 0 aliphatic carbocycles. The van der Waals surface area contributed by atoms with Crippen molar-refractivity contribution in [3.8, 4) is 22.9 Å². The van der Waals surface area contributed by atoms with Crippen LogP contribution in [0.3, 0.4) is 0 Å². The van der Waals surface area contributed by atoms with Gasteiger partial charge in [0.1, 0.15) is 40.9 Å². The highest BCUT2D eigenvalue weighted by molar-refractivity contribution is 7.98. The van der Waals surface area contributed by atoms with Gasteiger partial charge in [-0.15, -0.1) is 11.3 Å². The number of rotatable bonds is 9. The van der Waals surface area contributed by atoms with E-state index in [1.807, 2.05) is 0 Å². The number of aliphatic hydroxyl groups is 1. The molecule has 4 rings (SSSR count). The summed E-state index contributed by atoms with van der Waals surface area (Å²) in [6.45, 7) is 7.60. The van der Waals surface area contributed by atoms with Gasteiger partial charge in [-0.3, -0.25) is 0 Å². The molecular weight excluding hydrogens is 518 g/mol. The molecule has 0 unspecified atom stereocenters. The first-order chi connectivity index (χ1) is 17.9. The maximum absolute atomic E-state index is 13.9. The highest BCUT2D eigenvalue weighted by atomic mass is 32.2. The second-order valence-electron chi connectivity index (χ2n) is 7.40. The molecule has 2 aromatic carbocycles. The van der Waals surface area contributed by atoms with Crippen LogP contribution in [0.25, 0.3) is 16.0 Å². The van der Waals surface area contributed by atoms with E-state index in [0.717, 1.165) is 12.1 Å². The Balaban J connectivity index is 1.58. The average molecular weight is 537 g/mol. The van der Waals surface area contributed by atoms with Crippen molar-refractivity contribution in [3.05, 3.63) is 82.2 Å². The number of pyridine rings is 1. The van der Waals surface area contributed by atoms with Crippen LogP contribution < -0.4 is 15.8 Å². The predicted octanol–water partition coefficient (Wildman–Crippen LogP) is 5.89. The van der Waals surface area contributed by atoms with Crippen molar-refractivity contribution < 1.29 is 18.6 Å². The van der Waals surface area contributed by atoms with Crippen LogP contribution in [0.2, 0.25) is 0 Å². The monoisotopic (exact) mass is 536 g/mol. The van der Waals surface area contributed by atoms with Crippen molar-refractivity contribution in [2.24, 2.45) is 0 Å². The molecule has 2 aromatic heterocycles. The van der Waals surface area contributed by atoms with E-state index in [1.165, 1.54) is 29.2 Å². The zero-order chi connectivity index (χ0) is 26.4. The second-order valence-corrected chi connectivity index (χ2v) is 9.22. The number of hydrogen-bond donors (Lipinski definition) is 3. The molecule has 37 heavy (non-hydrogen) atoms. The molecule has 0 spiro atoms. The summed E-state index contributed by atoms with van der Waals surface area (Å²) in [5.74, 6) is -0.542. The molecule has 12 heteroatoms. The highest BCUT2D eigenvalue weighted by Gasteiger charge is 2.21. The van der Waals surface area contributed by atoms with Crippen molar-refractivity contribution in [2.75, 3.05) is 24.3 Å². The number of aliphatic hydroxyl groups excluding tert-OH is 1. The molecule has 0 saturated heterocycles. The van der Waals surface area contributed by atoms with Gasteiger partial charge in [-0.1, -0.05) is 23.9 Å². The Morgan fingerprint density at radius 3 is 2.68 bits per heavy atom. The van der Waals surface area contributed by atoms with Gasteiger partial charge in [-0.25, -0.2) is 23.6 Å². The van der Waals surface area contributed by atoms with Gasteiger partial charge in [0.15, 0.2) is 5.13 Å². The SMILES string of the molecule is [C-]#[N+]c1c(N)nc(SCc2csc(Nc3ccc(F)cc3F)n2)c(C#N)c1-c1ccc(OCCO)cc1. The number of nitrogens with two attached hydrogens (primary N) is 1. The third kappa shape index (κ3) is 5.95. The van der Waals surface area contributed by atoms with Crippen LogP contribution in [-0.2, 0) is 5.75 Å². The minimum Gasteiger partial charge on any atom is -0.491 e. The number of ether oxygens (including phenoxy) is 1. The summed E-state index contributed by atoms with van der Waals surface area (Å²) in [5.41, 5.74) is 8.07. The molecule has 0 aliphatic rings. The summed E-state index contributed by atoms with van der Waals surface area (Å²) < 4.78 is 32.4. The van der Waals surface area contributed by atoms with E-state index >= 15 is 0 Å². The molecule has 0 amide bonds. The summed E-state index contributed by atoms with van der Waals surface area (Å²) in [5, 5.41) is 24.2. The Kier molecular flexibility index (Phi) is 8.15. The standard InChI is InChI=1S/C25H18F2N6O2S2/c1-30-22-21(14-2-5-17(6-3-14)35-9-8-34)18(11-28)24(33-23(22)29)36-12-16-13-37-25(31-16)32-20-7-4-15(26)10-19(20)27/h2-7,10,13,34H,8-9,12H2,(H2,29,33)(H,31,32). The number of thiazole rings is 1. The van der Waals surface area contributed by atoms with Gasteiger partial charge in [0, 0.05) is 22.8 Å². The summed E-state index contributed by atoms with van der Waals surface area (Å²) in [6.07, 6.45) is 0. The summed E-state index contributed by atoms with van der Waals surface area (Å²) in [6, 6.07) is 12.1. The van der Waals surface area contributed by atoms with Crippen molar-refractivity contribution in [1.29, 1.82) is 5.26 Å². The van der Waals surface area contributed by atoms with Gasteiger partial charge in [0.2, 0.25) is 5.69 Å². The molecule has 0 bridgehead atoms. The first-order valence-corrected chi connectivity index (χ1v) is 12.5. The summed E-state index contributed by atoms with van der Waals surface area (Å²) in [4.78, 5) is 12.2. The minimum absolute atomic E-state index is 0.000439. The zero-order valence-electron chi connectivity index (χ0n) is 19.0. The van der Waals surface area contributed by atoms with E-state index in [-0.39, 0.29) is 36.0 Å². The Labute approximate surface area is 219 Å². The topological polar surface area (TPSA) is 121 Å². The molecule has 0 aliphatic heterocycles. The quantitative estimate of drug-likeness (QED) is 0.179. The lowest BCUT2D eigenvalue weighted by Crippen LogP contribution is -2.02. The van der Waals surface area contributed by atoms with Crippen LogP contribution in [0.4, 0.5) is 31.1 Å². The predicted molar refractivity (Wildman–Crippen MR) is 139 cm³/mol. The molecule has 2 heterocycles. The number of thioether (sulfide) groups is 1. The van der Waals surface area contributed by atoms with E-state index in [1.54, 1.807) is 29.6 Å². The van der Waals surface area contributed by atoms with E-state index in [9.17, 15) is 14.0 Å². The molecular formula is C25H18F2N6O2S2. The van der Waals surface area contributed by atoms with Gasteiger partial charge < -0.3 is 20.9 Å². The minimum atomic E-state index is -0.732. The Hall–Kier alpha value is -4.23. The van der Waals surface area contributed by atoms with Crippen LogP contribution in [0.5, 0.6) is 5.75 Å². The lowest BCUT2D eigenvalue weighted by molar-refractivity contribution is 0.201. The smallest absolute Gasteiger partial charge is 0.236 e. The fraction of sp³-hybridized carbons (Fsp3) is 0.120. The van der Waals surface area contributed by atoms with Crippen LogP contribution >= 0.6 is 23.1 Å². The number of aromatic nitrogens is 2. The number of nitrogens with zero attached hydrogens (tertiary/aromatic N) is 4. The third-order valence-corrected chi connectivity index (χ3v) is 6.79. The molecule has 4 N–H and O–H groups in total. The lowest BCUT2D eigenvalue weighted by atomic mass is 10.00. The van der Waals surface area contributed by atoms with E-state index in [0.29, 0.717) is 38.5 Å². The molecule has 4 aromatic rings. The first-order valence-electron chi connectivity index (χ1n) is 10.7. The average Bonchev–Trinajstić information content (AvgIpc) is 3.35. The van der Waals surface area contributed by atoms with Crippen molar-refractivity contribution in [3.63, 3.8) is 0 Å². The lowest BCUT2D eigenvalue weighted by Gasteiger charge is -2.13. The molecule has 8 nitrogen and oxygen atoms in total. The molecule has 0 saturated carbocycles. The highest BCUT2D eigenvalue weighted by Crippen LogP contribution is 2.42. The van der Waals surface area contributed by atoms with Gasteiger partial charge in [-0.05, 0) is 29.8 Å². The van der Waals surface area contributed by atoms with Gasteiger partial charge >= 0.3 is 0 Å². The van der Waals surface area contributed by atoms with Crippen molar-refractivity contribution in [1.82, 2.24) is 9.97 Å². The fourth-order valence-electron chi connectivity index (χ4n) is 3.33. The largest absolute Gasteiger partial charge is 0.491 e.